The molecule has 1 atom stereocenters. The maximum atomic E-state index is 13.1. The van der Waals surface area contributed by atoms with Crippen LogP contribution in [0.4, 0.5) is 5.13 Å². The Hall–Kier alpha value is -3.60. The maximum absolute atomic E-state index is 13.1. The summed E-state index contributed by atoms with van der Waals surface area (Å²) in [6, 6.07) is 6.57. The van der Waals surface area contributed by atoms with Crippen molar-refractivity contribution in [2.45, 2.75) is 25.8 Å². The number of carbonyl (C=O) groups excluding carboxylic acids is 2. The average Bonchev–Trinajstić information content (AvgIpc) is 3.24. The van der Waals surface area contributed by atoms with E-state index < -0.39 is 39.2 Å². The number of carbonyl (C=O) groups is 2. The molecule has 1 amide bonds. The second-order valence-corrected chi connectivity index (χ2v) is 10.7. The number of Topliss-reactive ketones (excluding diaryl/α,β-unsaturated/α-hetero) is 1. The molecule has 0 spiro atoms. The van der Waals surface area contributed by atoms with Gasteiger partial charge in [-0.3, -0.25) is 24.4 Å². The van der Waals surface area contributed by atoms with Crippen LogP contribution < -0.4 is 16.2 Å². The summed E-state index contributed by atoms with van der Waals surface area (Å²) in [7, 11) is -4.46. The fourth-order valence-electron chi connectivity index (χ4n) is 3.45. The summed E-state index contributed by atoms with van der Waals surface area (Å²) >= 11 is 1.10. The Morgan fingerprint density at radius 3 is 2.51 bits per heavy atom. The van der Waals surface area contributed by atoms with Gasteiger partial charge in [-0.1, -0.05) is 5.16 Å². The van der Waals surface area contributed by atoms with Crippen molar-refractivity contribution < 1.29 is 37.0 Å². The van der Waals surface area contributed by atoms with E-state index in [0.717, 1.165) is 16.4 Å². The number of amides is 1. The third-order valence-corrected chi connectivity index (χ3v) is 6.47. The number of hydrogen-bond acceptors (Lipinski definition) is 12. The van der Waals surface area contributed by atoms with Crippen LogP contribution in [0.3, 0.4) is 0 Å². The Balaban J connectivity index is 1.62. The van der Waals surface area contributed by atoms with Crippen LogP contribution in [-0.2, 0) is 29.4 Å². The Kier molecular flexibility index (Phi) is 8.47. The lowest BCUT2D eigenvalue weighted by Crippen LogP contribution is -2.68. The molecule has 1 aliphatic heterocycles. The Morgan fingerprint density at radius 2 is 1.97 bits per heavy atom. The Morgan fingerprint density at radius 1 is 1.30 bits per heavy atom. The minimum atomic E-state index is -4.46. The highest BCUT2D eigenvalue weighted by atomic mass is 32.2. The molecule has 2 aromatic rings. The number of nitrogens with two attached hydrogens (primary N) is 2. The van der Waals surface area contributed by atoms with Crippen LogP contribution in [0.2, 0.25) is 0 Å². The van der Waals surface area contributed by atoms with Gasteiger partial charge in [-0.2, -0.15) is 8.42 Å². The lowest BCUT2D eigenvalue weighted by atomic mass is 9.74. The number of benzene rings is 1. The van der Waals surface area contributed by atoms with Crippen LogP contribution >= 0.6 is 11.3 Å². The number of nitrogens with one attached hydrogen (secondary N) is 1. The van der Waals surface area contributed by atoms with E-state index in [9.17, 15) is 18.0 Å². The predicted molar refractivity (Wildman–Crippen MR) is 134 cm³/mol. The summed E-state index contributed by atoms with van der Waals surface area (Å²) in [5.74, 6) is -2.65. The smallest absolute Gasteiger partial charge is 0.292 e. The number of aromatic nitrogens is 1. The molecule has 0 unspecified atom stereocenters. The SMILES string of the molecule is CC1(C)[C@H](CC(=O)/C(=N\OCCOc2ccc(C(=N)N)cc2)c2csc(N)n2)C(=O)N1OCS(=O)(=O)O. The van der Waals surface area contributed by atoms with Gasteiger partial charge in [-0.15, -0.1) is 11.3 Å². The largest absolute Gasteiger partial charge is 0.490 e. The second kappa shape index (κ2) is 11.2. The fraction of sp³-hybridized carbons (Fsp3) is 0.381. The Labute approximate surface area is 216 Å². The maximum Gasteiger partial charge on any atom is 0.292 e. The van der Waals surface area contributed by atoms with Crippen molar-refractivity contribution in [3.63, 3.8) is 0 Å². The van der Waals surface area contributed by atoms with Gasteiger partial charge >= 0.3 is 0 Å². The number of hydrogen-bond donors (Lipinski definition) is 4. The Bertz CT molecular complexity index is 1310. The number of anilines is 1. The molecule has 14 nitrogen and oxygen atoms in total. The lowest BCUT2D eigenvalue weighted by molar-refractivity contribution is -0.260. The molecule has 16 heteroatoms. The zero-order valence-electron chi connectivity index (χ0n) is 19.9. The van der Waals surface area contributed by atoms with E-state index in [1.54, 1.807) is 38.1 Å². The normalized spacial score (nSPS) is 17.3. The van der Waals surface area contributed by atoms with Crippen molar-refractivity contribution in [2.24, 2.45) is 16.8 Å². The van der Waals surface area contributed by atoms with Crippen LogP contribution in [-0.4, -0.2) is 70.9 Å². The first kappa shape index (κ1) is 28.0. The molecule has 1 aliphatic rings. The molecule has 0 aliphatic carbocycles. The van der Waals surface area contributed by atoms with Gasteiger partial charge in [0.15, 0.2) is 23.2 Å². The van der Waals surface area contributed by atoms with Gasteiger partial charge < -0.3 is 21.0 Å². The van der Waals surface area contributed by atoms with Crippen LogP contribution in [0.25, 0.3) is 0 Å². The van der Waals surface area contributed by atoms with Crippen LogP contribution in [0.5, 0.6) is 5.75 Å². The third kappa shape index (κ3) is 7.00. The fourth-order valence-corrected chi connectivity index (χ4v) is 4.23. The van der Waals surface area contributed by atoms with Gasteiger partial charge in [0.1, 0.15) is 23.9 Å². The molecule has 37 heavy (non-hydrogen) atoms. The summed E-state index contributed by atoms with van der Waals surface area (Å²) < 4.78 is 36.3. The molecule has 0 saturated carbocycles. The highest BCUT2D eigenvalue weighted by molar-refractivity contribution is 7.85. The lowest BCUT2D eigenvalue weighted by Gasteiger charge is -2.51. The standard InChI is InChI=1S/C21H26N6O8S2/c1-21(2)14(19(29)27(21)35-11-37(30,31)32)9-16(28)17(15-10-36-20(24)25-15)26-34-8-7-33-13-5-3-12(4-6-13)18(22)23/h3-6,10,14H,7-9,11H2,1-2H3,(H3,22,23)(H2,24,25)(H,30,31,32)/b26-17-/t14-/m1/s1. The highest BCUT2D eigenvalue weighted by Gasteiger charge is 2.56. The van der Waals surface area contributed by atoms with Gasteiger partial charge in [0, 0.05) is 17.4 Å². The van der Waals surface area contributed by atoms with Crippen molar-refractivity contribution in [2.75, 3.05) is 24.9 Å². The molecule has 2 heterocycles. The van der Waals surface area contributed by atoms with E-state index in [0.29, 0.717) is 11.3 Å². The van der Waals surface area contributed by atoms with Crippen LogP contribution in [0.15, 0.2) is 34.8 Å². The number of nitrogens with zero attached hydrogens (tertiary/aromatic N) is 3. The number of amidine groups is 1. The molecule has 1 aromatic heterocycles. The minimum absolute atomic E-state index is 0.0179. The molecular formula is C21H26N6O8S2. The van der Waals surface area contributed by atoms with E-state index in [-0.39, 0.29) is 42.0 Å². The summed E-state index contributed by atoms with van der Waals surface area (Å²) in [5, 5.41) is 13.8. The zero-order chi connectivity index (χ0) is 27.4. The van der Waals surface area contributed by atoms with Gasteiger partial charge in [-0.05, 0) is 38.1 Å². The van der Waals surface area contributed by atoms with Crippen molar-refractivity contribution in [1.82, 2.24) is 10.0 Å². The van der Waals surface area contributed by atoms with Crippen LogP contribution in [0, 0.1) is 11.3 Å². The van der Waals surface area contributed by atoms with E-state index in [4.69, 9.17) is 35.8 Å². The quantitative estimate of drug-likeness (QED) is 0.0676. The molecular weight excluding hydrogens is 528 g/mol. The molecule has 1 saturated heterocycles. The number of rotatable bonds is 13. The summed E-state index contributed by atoms with van der Waals surface area (Å²) in [4.78, 5) is 39.8. The summed E-state index contributed by atoms with van der Waals surface area (Å²) in [6.45, 7) is 3.25. The summed E-state index contributed by atoms with van der Waals surface area (Å²) in [5.41, 5.74) is 10.7. The van der Waals surface area contributed by atoms with E-state index in [1.807, 2.05) is 0 Å². The second-order valence-electron chi connectivity index (χ2n) is 8.43. The van der Waals surface area contributed by atoms with Gasteiger partial charge in [0.25, 0.3) is 16.0 Å². The number of hydroxylamine groups is 2. The monoisotopic (exact) mass is 554 g/mol. The summed E-state index contributed by atoms with van der Waals surface area (Å²) in [6.07, 6.45) is -0.282. The number of ether oxygens (including phenoxy) is 1. The number of ketones is 1. The van der Waals surface area contributed by atoms with Crippen molar-refractivity contribution in [3.05, 3.63) is 40.9 Å². The van der Waals surface area contributed by atoms with Gasteiger partial charge in [0.05, 0.1) is 11.5 Å². The topological polar surface area (TPSA) is 221 Å². The molecule has 6 N–H and O–H groups in total. The zero-order valence-corrected chi connectivity index (χ0v) is 21.5. The van der Waals surface area contributed by atoms with Gasteiger partial charge in [-0.25, -0.2) is 10.0 Å². The molecule has 1 aromatic carbocycles. The molecule has 3 rings (SSSR count). The van der Waals surface area contributed by atoms with E-state index in [2.05, 4.69) is 10.1 Å². The first-order valence-electron chi connectivity index (χ1n) is 10.7. The number of β-lactam (4-membered cyclic amide) rings is 1. The van der Waals surface area contributed by atoms with Crippen molar-refractivity contribution in [1.29, 1.82) is 5.41 Å². The average molecular weight is 555 g/mol. The van der Waals surface area contributed by atoms with Crippen LogP contribution in [0.1, 0.15) is 31.5 Å². The number of nitrogen functional groups attached to an aromatic ring is 2. The third-order valence-electron chi connectivity index (χ3n) is 5.39. The molecule has 1 fully saturated rings. The molecule has 200 valence electrons. The number of thiazole rings is 1. The van der Waals surface area contributed by atoms with E-state index >= 15 is 0 Å². The number of oxime groups is 1. The first-order chi connectivity index (χ1) is 17.3. The van der Waals surface area contributed by atoms with E-state index in [1.165, 1.54) is 5.38 Å². The molecule has 0 bridgehead atoms. The first-order valence-corrected chi connectivity index (χ1v) is 13.2. The predicted octanol–water partition coefficient (Wildman–Crippen LogP) is 0.782. The highest BCUT2D eigenvalue weighted by Crippen LogP contribution is 2.40. The molecule has 0 radical (unpaired) electrons. The van der Waals surface area contributed by atoms with Crippen molar-refractivity contribution in [3.8, 4) is 5.75 Å². The van der Waals surface area contributed by atoms with Crippen molar-refractivity contribution >= 4 is 49.8 Å². The minimum Gasteiger partial charge on any atom is -0.490 e. The van der Waals surface area contributed by atoms with Gasteiger partial charge in [0.2, 0.25) is 5.94 Å².